The first kappa shape index (κ1) is 16.1. The van der Waals surface area contributed by atoms with E-state index in [0.717, 1.165) is 0 Å². The van der Waals surface area contributed by atoms with Gasteiger partial charge < -0.3 is 18.9 Å². The molecule has 0 aromatic heterocycles. The van der Waals surface area contributed by atoms with Crippen molar-refractivity contribution >= 4 is 11.9 Å². The van der Waals surface area contributed by atoms with E-state index in [0.29, 0.717) is 0 Å². The Kier molecular flexibility index (Phi) is 5.61. The van der Waals surface area contributed by atoms with Gasteiger partial charge in [0, 0.05) is 0 Å². The Morgan fingerprint density at radius 2 is 1.40 bits per heavy atom. The first-order valence-corrected chi connectivity index (χ1v) is 6.47. The summed E-state index contributed by atoms with van der Waals surface area (Å²) in [6, 6.07) is 0. The number of carbonyl (C=O) groups is 2. The van der Waals surface area contributed by atoms with Crippen LogP contribution in [-0.4, -0.2) is 30.4 Å². The molecule has 1 heterocycles. The highest BCUT2D eigenvalue weighted by Gasteiger charge is 2.37. The third-order valence-electron chi connectivity index (χ3n) is 2.08. The number of ether oxygens (including phenoxy) is 4. The van der Waals surface area contributed by atoms with Crippen LogP contribution >= 0.6 is 0 Å². The van der Waals surface area contributed by atoms with Crippen molar-refractivity contribution < 1.29 is 28.5 Å². The zero-order valence-corrected chi connectivity index (χ0v) is 12.3. The summed E-state index contributed by atoms with van der Waals surface area (Å²) in [6.07, 6.45) is 1.76. The molecule has 0 fully saturated rings. The average Bonchev–Trinajstić information content (AvgIpc) is 2.72. The molecule has 20 heavy (non-hydrogen) atoms. The van der Waals surface area contributed by atoms with Crippen LogP contribution in [0.25, 0.3) is 0 Å². The molecule has 0 saturated heterocycles. The molecule has 6 nitrogen and oxygen atoms in total. The molecular formula is C14H20O6. The number of hydrogen-bond donors (Lipinski definition) is 0. The molecule has 1 aliphatic rings. The smallest absolute Gasteiger partial charge is 0.378 e. The zero-order valence-electron chi connectivity index (χ0n) is 12.3. The lowest BCUT2D eigenvalue weighted by atomic mass is 10.3. The van der Waals surface area contributed by atoms with Gasteiger partial charge in [-0.1, -0.05) is 6.08 Å². The van der Waals surface area contributed by atoms with Crippen LogP contribution in [0.1, 0.15) is 34.6 Å². The van der Waals surface area contributed by atoms with E-state index in [1.807, 2.05) is 0 Å². The van der Waals surface area contributed by atoms with E-state index in [4.69, 9.17) is 18.9 Å². The quantitative estimate of drug-likeness (QED) is 0.568. The monoisotopic (exact) mass is 284 g/mol. The predicted octanol–water partition coefficient (Wildman–Crippen LogP) is 2.05. The molecule has 6 heteroatoms. The third kappa shape index (κ3) is 4.29. The van der Waals surface area contributed by atoms with Crippen molar-refractivity contribution in [3.63, 3.8) is 0 Å². The zero-order chi connectivity index (χ0) is 15.3. The van der Waals surface area contributed by atoms with E-state index in [9.17, 15) is 9.59 Å². The molecule has 0 radical (unpaired) electrons. The lowest BCUT2D eigenvalue weighted by molar-refractivity contribution is -0.148. The molecule has 0 aromatic carbocycles. The molecule has 0 aromatic rings. The van der Waals surface area contributed by atoms with E-state index >= 15 is 0 Å². The Morgan fingerprint density at radius 1 is 1.00 bits per heavy atom. The van der Waals surface area contributed by atoms with Crippen LogP contribution in [0.4, 0.5) is 0 Å². The van der Waals surface area contributed by atoms with Crippen molar-refractivity contribution in [2.45, 2.75) is 53.1 Å². The molecule has 1 aliphatic heterocycles. The summed E-state index contributed by atoms with van der Waals surface area (Å²) in [5.41, 5.74) is 0. The molecule has 0 aliphatic carbocycles. The third-order valence-corrected chi connectivity index (χ3v) is 2.08. The number of allylic oxidation sites excluding steroid dienone is 1. The maximum atomic E-state index is 11.9. The van der Waals surface area contributed by atoms with Crippen molar-refractivity contribution in [2.24, 2.45) is 0 Å². The first-order chi connectivity index (χ1) is 9.35. The minimum Gasteiger partial charge on any atom is -0.457 e. The second kappa shape index (κ2) is 6.98. The van der Waals surface area contributed by atoms with Crippen LogP contribution in [-0.2, 0) is 28.5 Å². The summed E-state index contributed by atoms with van der Waals surface area (Å²) in [5.74, 6) is -2.01. The highest BCUT2D eigenvalue weighted by atomic mass is 16.7. The van der Waals surface area contributed by atoms with Crippen molar-refractivity contribution in [3.05, 3.63) is 23.7 Å². The average molecular weight is 284 g/mol. The van der Waals surface area contributed by atoms with Crippen molar-refractivity contribution in [2.75, 3.05) is 0 Å². The maximum Gasteiger partial charge on any atom is 0.378 e. The molecule has 0 atom stereocenters. The van der Waals surface area contributed by atoms with E-state index in [2.05, 4.69) is 0 Å². The van der Waals surface area contributed by atoms with E-state index < -0.39 is 18.2 Å². The van der Waals surface area contributed by atoms with Gasteiger partial charge >= 0.3 is 11.9 Å². The van der Waals surface area contributed by atoms with Gasteiger partial charge in [0.1, 0.15) is 0 Å². The predicted molar refractivity (Wildman–Crippen MR) is 70.3 cm³/mol. The highest BCUT2D eigenvalue weighted by molar-refractivity contribution is 5.98. The Bertz CT molecular complexity index is 399. The second-order valence-electron chi connectivity index (χ2n) is 4.70. The molecule has 0 bridgehead atoms. The van der Waals surface area contributed by atoms with Gasteiger partial charge in [0.2, 0.25) is 0 Å². The van der Waals surface area contributed by atoms with Crippen LogP contribution in [0.5, 0.6) is 0 Å². The normalized spacial score (nSPS) is 15.8. The summed E-state index contributed by atoms with van der Waals surface area (Å²) in [6.45, 7) is 8.56. The Morgan fingerprint density at radius 3 is 1.70 bits per heavy atom. The number of carbonyl (C=O) groups excluding carboxylic acids is 2. The van der Waals surface area contributed by atoms with E-state index in [1.54, 1.807) is 46.8 Å². The standard InChI is InChI=1S/C14H20O6/c1-6-7-10-19-11(13(15)17-8(2)3)12(20-10)14(16)18-9(4)5/h6-10H,1-5H3/b7-6+. The molecule has 0 N–H and O–H groups in total. The van der Waals surface area contributed by atoms with Gasteiger partial charge in [-0.2, -0.15) is 0 Å². The summed E-state index contributed by atoms with van der Waals surface area (Å²) in [7, 11) is 0. The number of esters is 2. The summed E-state index contributed by atoms with van der Waals surface area (Å²) in [4.78, 5) is 23.8. The fourth-order valence-corrected chi connectivity index (χ4v) is 1.42. The molecule has 1 rings (SSSR count). The van der Waals surface area contributed by atoms with Gasteiger partial charge in [-0.25, -0.2) is 9.59 Å². The van der Waals surface area contributed by atoms with E-state index in [-0.39, 0.29) is 23.7 Å². The molecule has 0 saturated carbocycles. The van der Waals surface area contributed by atoms with Crippen molar-refractivity contribution in [3.8, 4) is 0 Å². The largest absolute Gasteiger partial charge is 0.457 e. The van der Waals surface area contributed by atoms with Crippen LogP contribution in [0, 0.1) is 0 Å². The van der Waals surface area contributed by atoms with Crippen molar-refractivity contribution in [1.82, 2.24) is 0 Å². The van der Waals surface area contributed by atoms with Gasteiger partial charge in [-0.3, -0.25) is 0 Å². The maximum absolute atomic E-state index is 11.9. The van der Waals surface area contributed by atoms with E-state index in [1.165, 1.54) is 0 Å². The summed E-state index contributed by atoms with van der Waals surface area (Å²) < 4.78 is 20.6. The fraction of sp³-hybridized carbons (Fsp3) is 0.571. The molecule has 0 amide bonds. The lowest BCUT2D eigenvalue weighted by Gasteiger charge is -2.09. The minimum atomic E-state index is -0.829. The minimum absolute atomic E-state index is 0.257. The molecule has 0 spiro atoms. The van der Waals surface area contributed by atoms with Gasteiger partial charge in [-0.05, 0) is 40.7 Å². The van der Waals surface area contributed by atoms with Crippen LogP contribution in [0.2, 0.25) is 0 Å². The molecule has 112 valence electrons. The molecular weight excluding hydrogens is 264 g/mol. The Hall–Kier alpha value is -1.98. The lowest BCUT2D eigenvalue weighted by Crippen LogP contribution is -2.19. The second-order valence-corrected chi connectivity index (χ2v) is 4.70. The van der Waals surface area contributed by atoms with Crippen molar-refractivity contribution in [1.29, 1.82) is 0 Å². The van der Waals surface area contributed by atoms with Crippen LogP contribution in [0.3, 0.4) is 0 Å². The SMILES string of the molecule is C/C=C/C1OC(C(=O)OC(C)C)=C(C(=O)OC(C)C)O1. The van der Waals surface area contributed by atoms with Gasteiger partial charge in [0.05, 0.1) is 12.2 Å². The summed E-state index contributed by atoms with van der Waals surface area (Å²) in [5, 5.41) is 0. The number of rotatable bonds is 5. The Labute approximate surface area is 118 Å². The van der Waals surface area contributed by atoms with Gasteiger partial charge in [0.25, 0.3) is 17.8 Å². The fourth-order valence-electron chi connectivity index (χ4n) is 1.42. The van der Waals surface area contributed by atoms with Crippen LogP contribution in [0.15, 0.2) is 23.7 Å². The Balaban J connectivity index is 2.95. The topological polar surface area (TPSA) is 71.1 Å². The van der Waals surface area contributed by atoms with Gasteiger partial charge in [-0.15, -0.1) is 0 Å². The number of hydrogen-bond acceptors (Lipinski definition) is 6. The summed E-state index contributed by atoms with van der Waals surface area (Å²) >= 11 is 0. The highest BCUT2D eigenvalue weighted by Crippen LogP contribution is 2.25. The van der Waals surface area contributed by atoms with Gasteiger partial charge in [0.15, 0.2) is 0 Å². The van der Waals surface area contributed by atoms with Crippen LogP contribution < -0.4 is 0 Å². The molecule has 0 unspecified atom stereocenters. The first-order valence-electron chi connectivity index (χ1n) is 6.47.